The van der Waals surface area contributed by atoms with E-state index < -0.39 is 12.7 Å². The zero-order chi connectivity index (χ0) is 13.5. The molecule has 2 nitrogen and oxygen atoms in total. The fraction of sp³-hybridized carbons (Fsp3) is 0.417. The lowest BCUT2D eigenvalue weighted by molar-refractivity contribution is -0.141. The van der Waals surface area contributed by atoms with E-state index in [1.807, 2.05) is 19.9 Å². The van der Waals surface area contributed by atoms with Gasteiger partial charge in [0.15, 0.2) is 0 Å². The fourth-order valence-electron chi connectivity index (χ4n) is 1.89. The fourth-order valence-corrected chi connectivity index (χ4v) is 2.24. The predicted octanol–water partition coefficient (Wildman–Crippen LogP) is 4.48. The van der Waals surface area contributed by atoms with Crippen molar-refractivity contribution in [1.29, 1.82) is 0 Å². The van der Waals surface area contributed by atoms with Crippen LogP contribution in [0.4, 0.5) is 13.2 Å². The van der Waals surface area contributed by atoms with E-state index in [9.17, 15) is 13.2 Å². The molecule has 2 rings (SSSR count). The summed E-state index contributed by atoms with van der Waals surface area (Å²) in [7, 11) is 0. The van der Waals surface area contributed by atoms with E-state index in [0.717, 1.165) is 14.5 Å². The van der Waals surface area contributed by atoms with Gasteiger partial charge in [0.1, 0.15) is 6.54 Å². The first-order chi connectivity index (χ1) is 8.28. The lowest BCUT2D eigenvalue weighted by Crippen LogP contribution is -2.18. The van der Waals surface area contributed by atoms with E-state index in [0.29, 0.717) is 11.2 Å². The van der Waals surface area contributed by atoms with Crippen LogP contribution in [0.5, 0.6) is 0 Å². The van der Waals surface area contributed by atoms with Crippen LogP contribution in [0, 0.1) is 0 Å². The molecule has 1 aromatic carbocycles. The van der Waals surface area contributed by atoms with Crippen LogP contribution in [-0.4, -0.2) is 16.0 Å². The molecule has 6 heteroatoms. The van der Waals surface area contributed by atoms with Crippen molar-refractivity contribution in [3.05, 3.63) is 28.4 Å². The average molecular weight is 321 g/mol. The standard InChI is InChI=1S/C12H12BrF3N2/c1-7(2)11-9-4-3-8(13)5-10(9)18(17-11)6-12(14,15)16/h3-5,7H,6H2,1-2H3. The molecule has 0 bridgehead atoms. The predicted molar refractivity (Wildman–Crippen MR) is 67.6 cm³/mol. The van der Waals surface area contributed by atoms with Crippen molar-refractivity contribution < 1.29 is 13.2 Å². The lowest BCUT2D eigenvalue weighted by atomic mass is 10.1. The van der Waals surface area contributed by atoms with Gasteiger partial charge in [0.05, 0.1) is 11.2 Å². The highest BCUT2D eigenvalue weighted by molar-refractivity contribution is 9.10. The van der Waals surface area contributed by atoms with Gasteiger partial charge in [-0.25, -0.2) is 0 Å². The Balaban J connectivity index is 2.62. The Morgan fingerprint density at radius 3 is 2.56 bits per heavy atom. The summed E-state index contributed by atoms with van der Waals surface area (Å²) >= 11 is 3.27. The Morgan fingerprint density at radius 1 is 1.33 bits per heavy atom. The summed E-state index contributed by atoms with van der Waals surface area (Å²) in [6.45, 7) is 2.77. The number of fused-ring (bicyclic) bond motifs is 1. The zero-order valence-electron chi connectivity index (χ0n) is 9.92. The van der Waals surface area contributed by atoms with Crippen LogP contribution in [0.2, 0.25) is 0 Å². The van der Waals surface area contributed by atoms with Crippen LogP contribution in [-0.2, 0) is 6.54 Å². The molecule has 1 aromatic heterocycles. The molecule has 0 N–H and O–H groups in total. The molecular formula is C12H12BrF3N2. The van der Waals surface area contributed by atoms with Gasteiger partial charge in [0, 0.05) is 9.86 Å². The summed E-state index contributed by atoms with van der Waals surface area (Å²) in [6, 6.07) is 5.28. The molecule has 0 fully saturated rings. The molecule has 0 radical (unpaired) electrons. The maximum atomic E-state index is 12.5. The van der Waals surface area contributed by atoms with Crippen molar-refractivity contribution in [2.75, 3.05) is 0 Å². The van der Waals surface area contributed by atoms with E-state index in [4.69, 9.17) is 0 Å². The number of alkyl halides is 3. The summed E-state index contributed by atoms with van der Waals surface area (Å²) < 4.78 is 39.3. The molecule has 0 aliphatic carbocycles. The van der Waals surface area contributed by atoms with Gasteiger partial charge in [-0.1, -0.05) is 29.8 Å². The molecule has 0 unspecified atom stereocenters. The van der Waals surface area contributed by atoms with E-state index in [1.165, 1.54) is 0 Å². The molecule has 98 valence electrons. The van der Waals surface area contributed by atoms with Crippen molar-refractivity contribution in [3.63, 3.8) is 0 Å². The normalized spacial score (nSPS) is 12.6. The maximum Gasteiger partial charge on any atom is 0.408 e. The topological polar surface area (TPSA) is 17.8 Å². The van der Waals surface area contributed by atoms with Crippen LogP contribution in [0.1, 0.15) is 25.5 Å². The highest BCUT2D eigenvalue weighted by Gasteiger charge is 2.30. The minimum Gasteiger partial charge on any atom is -0.255 e. The molecule has 0 spiro atoms. The average Bonchev–Trinajstić information content (AvgIpc) is 2.54. The summed E-state index contributed by atoms with van der Waals surface area (Å²) in [5, 5.41) is 4.87. The molecule has 0 aliphatic heterocycles. The molecule has 1 heterocycles. The Morgan fingerprint density at radius 2 is 2.00 bits per heavy atom. The number of hydrogen-bond donors (Lipinski definition) is 0. The quantitative estimate of drug-likeness (QED) is 0.797. The first-order valence-electron chi connectivity index (χ1n) is 5.50. The second kappa shape index (κ2) is 4.57. The first kappa shape index (κ1) is 13.4. The number of hydrogen-bond acceptors (Lipinski definition) is 1. The molecular weight excluding hydrogens is 309 g/mol. The number of benzene rings is 1. The first-order valence-corrected chi connectivity index (χ1v) is 6.30. The molecule has 0 atom stereocenters. The van der Waals surface area contributed by atoms with Gasteiger partial charge in [-0.15, -0.1) is 0 Å². The molecule has 2 aromatic rings. The Labute approximate surface area is 111 Å². The largest absolute Gasteiger partial charge is 0.408 e. The van der Waals surface area contributed by atoms with Gasteiger partial charge in [0.2, 0.25) is 0 Å². The SMILES string of the molecule is CC(C)c1nn(CC(F)(F)F)c2cc(Br)ccc12. The smallest absolute Gasteiger partial charge is 0.255 e. The summed E-state index contributed by atoms with van der Waals surface area (Å²) in [5.74, 6) is 0.0863. The molecule has 0 aliphatic rings. The minimum atomic E-state index is -4.27. The second-order valence-corrected chi connectivity index (χ2v) is 5.39. The monoisotopic (exact) mass is 320 g/mol. The Bertz CT molecular complexity index is 572. The minimum absolute atomic E-state index is 0.0863. The van der Waals surface area contributed by atoms with Gasteiger partial charge < -0.3 is 0 Å². The van der Waals surface area contributed by atoms with Crippen molar-refractivity contribution in [2.45, 2.75) is 32.5 Å². The van der Waals surface area contributed by atoms with Crippen LogP contribution >= 0.6 is 15.9 Å². The highest BCUT2D eigenvalue weighted by Crippen LogP contribution is 2.29. The molecule has 18 heavy (non-hydrogen) atoms. The number of rotatable bonds is 2. The van der Waals surface area contributed by atoms with Gasteiger partial charge in [-0.05, 0) is 24.1 Å². The second-order valence-electron chi connectivity index (χ2n) is 4.47. The van der Waals surface area contributed by atoms with Gasteiger partial charge >= 0.3 is 6.18 Å². The van der Waals surface area contributed by atoms with Crippen molar-refractivity contribution >= 4 is 26.8 Å². The van der Waals surface area contributed by atoms with Crippen molar-refractivity contribution in [1.82, 2.24) is 9.78 Å². The summed E-state index contributed by atoms with van der Waals surface area (Å²) in [6.07, 6.45) is -4.27. The molecule has 0 saturated heterocycles. The third kappa shape index (κ3) is 2.68. The number of aromatic nitrogens is 2. The van der Waals surface area contributed by atoms with Crippen LogP contribution in [0.25, 0.3) is 10.9 Å². The molecule has 0 saturated carbocycles. The van der Waals surface area contributed by atoms with Crippen LogP contribution in [0.15, 0.2) is 22.7 Å². The third-order valence-corrected chi connectivity index (χ3v) is 3.11. The maximum absolute atomic E-state index is 12.5. The van der Waals surface area contributed by atoms with Gasteiger partial charge in [-0.3, -0.25) is 4.68 Å². The number of halogens is 4. The van der Waals surface area contributed by atoms with Crippen molar-refractivity contribution in [2.24, 2.45) is 0 Å². The van der Waals surface area contributed by atoms with E-state index in [1.54, 1.807) is 12.1 Å². The zero-order valence-corrected chi connectivity index (χ0v) is 11.5. The van der Waals surface area contributed by atoms with E-state index >= 15 is 0 Å². The van der Waals surface area contributed by atoms with E-state index in [-0.39, 0.29) is 5.92 Å². The summed E-state index contributed by atoms with van der Waals surface area (Å²) in [4.78, 5) is 0. The third-order valence-electron chi connectivity index (χ3n) is 2.62. The Kier molecular flexibility index (Phi) is 3.40. The summed E-state index contributed by atoms with van der Waals surface area (Å²) in [5.41, 5.74) is 1.20. The van der Waals surface area contributed by atoms with Crippen molar-refractivity contribution in [3.8, 4) is 0 Å². The van der Waals surface area contributed by atoms with Gasteiger partial charge in [0.25, 0.3) is 0 Å². The Hall–Kier alpha value is -1.04. The number of nitrogens with zero attached hydrogens (tertiary/aromatic N) is 2. The van der Waals surface area contributed by atoms with Crippen LogP contribution in [0.3, 0.4) is 0 Å². The molecule has 0 amide bonds. The highest BCUT2D eigenvalue weighted by atomic mass is 79.9. The lowest BCUT2D eigenvalue weighted by Gasteiger charge is -2.07. The van der Waals surface area contributed by atoms with Crippen LogP contribution < -0.4 is 0 Å². The van der Waals surface area contributed by atoms with E-state index in [2.05, 4.69) is 21.0 Å². The van der Waals surface area contributed by atoms with Gasteiger partial charge in [-0.2, -0.15) is 18.3 Å².